The van der Waals surface area contributed by atoms with Gasteiger partial charge in [0.15, 0.2) is 0 Å². The Bertz CT molecular complexity index is 611. The second kappa shape index (κ2) is 6.79. The van der Waals surface area contributed by atoms with Crippen LogP contribution in [0.1, 0.15) is 5.56 Å². The highest BCUT2D eigenvalue weighted by Gasteiger charge is 1.98. The van der Waals surface area contributed by atoms with Gasteiger partial charge >= 0.3 is 0 Å². The van der Waals surface area contributed by atoms with Gasteiger partial charge in [0.05, 0.1) is 13.2 Å². The van der Waals surface area contributed by atoms with Gasteiger partial charge in [0.1, 0.15) is 12.4 Å². The van der Waals surface area contributed by atoms with E-state index in [0.717, 1.165) is 22.1 Å². The van der Waals surface area contributed by atoms with Crippen LogP contribution in [-0.2, 0) is 4.74 Å². The standard InChI is InChI=1S/C16H17NO2/c1-18-9-10-19-16-7-6-14-11-13(3-2-8-17)4-5-15(14)12-16/h4-7,11-12H,8-10,17H2,1H3. The minimum Gasteiger partial charge on any atom is -0.491 e. The molecule has 0 saturated carbocycles. The van der Waals surface area contributed by atoms with Crippen LogP contribution in [-0.4, -0.2) is 26.9 Å². The molecule has 0 aliphatic heterocycles. The topological polar surface area (TPSA) is 44.5 Å². The predicted molar refractivity (Wildman–Crippen MR) is 77.3 cm³/mol. The van der Waals surface area contributed by atoms with Gasteiger partial charge in [0, 0.05) is 12.7 Å². The fourth-order valence-electron chi connectivity index (χ4n) is 1.79. The molecule has 2 aromatic carbocycles. The Morgan fingerprint density at radius 2 is 1.84 bits per heavy atom. The number of nitrogens with two attached hydrogens (primary N) is 1. The first-order chi connectivity index (χ1) is 9.33. The van der Waals surface area contributed by atoms with E-state index in [1.54, 1.807) is 7.11 Å². The molecule has 0 heterocycles. The molecular weight excluding hydrogens is 238 g/mol. The van der Waals surface area contributed by atoms with Crippen molar-refractivity contribution in [2.75, 3.05) is 26.9 Å². The zero-order valence-electron chi connectivity index (χ0n) is 11.0. The summed E-state index contributed by atoms with van der Waals surface area (Å²) in [5, 5.41) is 2.27. The van der Waals surface area contributed by atoms with E-state index in [4.69, 9.17) is 15.2 Å². The highest BCUT2D eigenvalue weighted by Crippen LogP contribution is 2.21. The molecule has 19 heavy (non-hydrogen) atoms. The lowest BCUT2D eigenvalue weighted by atomic mass is 10.1. The quantitative estimate of drug-likeness (QED) is 0.672. The summed E-state index contributed by atoms with van der Waals surface area (Å²) in [5.74, 6) is 6.74. The van der Waals surface area contributed by atoms with Gasteiger partial charge in [-0.2, -0.15) is 0 Å². The smallest absolute Gasteiger partial charge is 0.120 e. The monoisotopic (exact) mass is 255 g/mol. The van der Waals surface area contributed by atoms with Crippen LogP contribution in [0.5, 0.6) is 5.75 Å². The lowest BCUT2D eigenvalue weighted by molar-refractivity contribution is 0.146. The van der Waals surface area contributed by atoms with Gasteiger partial charge in [-0.25, -0.2) is 0 Å². The highest BCUT2D eigenvalue weighted by molar-refractivity contribution is 5.85. The molecule has 0 aliphatic carbocycles. The molecule has 3 heteroatoms. The average Bonchev–Trinajstić information content (AvgIpc) is 2.45. The first kappa shape index (κ1) is 13.4. The normalized spacial score (nSPS) is 10.0. The maximum absolute atomic E-state index is 5.58. The predicted octanol–water partition coefficient (Wildman–Crippen LogP) is 2.18. The Hall–Kier alpha value is -2.02. The van der Waals surface area contributed by atoms with Crippen molar-refractivity contribution in [1.82, 2.24) is 0 Å². The second-order valence-corrected chi connectivity index (χ2v) is 4.07. The molecule has 0 atom stereocenters. The third kappa shape index (κ3) is 3.72. The molecule has 0 amide bonds. The van der Waals surface area contributed by atoms with Crippen LogP contribution in [0, 0.1) is 11.8 Å². The Labute approximate surface area is 113 Å². The minimum atomic E-state index is 0.379. The average molecular weight is 255 g/mol. The third-order valence-corrected chi connectivity index (χ3v) is 2.70. The molecule has 3 nitrogen and oxygen atoms in total. The van der Waals surface area contributed by atoms with Crippen LogP contribution in [0.25, 0.3) is 10.8 Å². The van der Waals surface area contributed by atoms with Gasteiger partial charge in [-0.3, -0.25) is 0 Å². The van der Waals surface area contributed by atoms with Crippen molar-refractivity contribution < 1.29 is 9.47 Å². The summed E-state index contributed by atoms with van der Waals surface area (Å²) < 4.78 is 10.5. The van der Waals surface area contributed by atoms with E-state index in [0.29, 0.717) is 19.8 Å². The van der Waals surface area contributed by atoms with Crippen molar-refractivity contribution in [3.8, 4) is 17.6 Å². The molecule has 0 radical (unpaired) electrons. The van der Waals surface area contributed by atoms with E-state index >= 15 is 0 Å². The molecule has 0 unspecified atom stereocenters. The van der Waals surface area contributed by atoms with E-state index in [1.165, 1.54) is 0 Å². The molecule has 0 saturated heterocycles. The van der Waals surface area contributed by atoms with Crippen LogP contribution >= 0.6 is 0 Å². The summed E-state index contributed by atoms with van der Waals surface area (Å²) >= 11 is 0. The Kier molecular flexibility index (Phi) is 4.79. The number of hydrogen-bond donors (Lipinski definition) is 1. The van der Waals surface area contributed by atoms with Crippen LogP contribution < -0.4 is 10.5 Å². The van der Waals surface area contributed by atoms with Crippen LogP contribution in [0.15, 0.2) is 36.4 Å². The summed E-state index contributed by atoms with van der Waals surface area (Å²) in [7, 11) is 1.66. The van der Waals surface area contributed by atoms with Crippen LogP contribution in [0.3, 0.4) is 0 Å². The van der Waals surface area contributed by atoms with E-state index in [2.05, 4.69) is 17.9 Å². The van der Waals surface area contributed by atoms with Crippen LogP contribution in [0.4, 0.5) is 0 Å². The first-order valence-corrected chi connectivity index (χ1v) is 6.18. The molecular formula is C16H17NO2. The number of fused-ring (bicyclic) bond motifs is 1. The molecule has 0 aromatic heterocycles. The van der Waals surface area contributed by atoms with Gasteiger partial charge in [-0.05, 0) is 35.0 Å². The van der Waals surface area contributed by atoms with E-state index in [-0.39, 0.29) is 0 Å². The number of methoxy groups -OCH3 is 1. The number of rotatable bonds is 4. The third-order valence-electron chi connectivity index (χ3n) is 2.70. The highest BCUT2D eigenvalue weighted by atomic mass is 16.5. The number of ether oxygens (including phenoxy) is 2. The maximum atomic E-state index is 5.58. The van der Waals surface area contributed by atoms with Crippen molar-refractivity contribution in [2.24, 2.45) is 5.73 Å². The van der Waals surface area contributed by atoms with E-state index in [1.807, 2.05) is 30.3 Å². The molecule has 0 bridgehead atoms. The molecule has 2 rings (SSSR count). The lowest BCUT2D eigenvalue weighted by Gasteiger charge is -2.06. The Balaban J connectivity index is 2.20. The molecule has 0 spiro atoms. The fraction of sp³-hybridized carbons (Fsp3) is 0.250. The first-order valence-electron chi connectivity index (χ1n) is 6.18. The van der Waals surface area contributed by atoms with Crippen molar-refractivity contribution >= 4 is 10.8 Å². The summed E-state index contributed by atoms with van der Waals surface area (Å²) in [5.41, 5.74) is 6.34. The molecule has 2 N–H and O–H groups in total. The summed E-state index contributed by atoms with van der Waals surface area (Å²) in [4.78, 5) is 0. The Morgan fingerprint density at radius 1 is 1.05 bits per heavy atom. The van der Waals surface area contributed by atoms with E-state index in [9.17, 15) is 0 Å². The zero-order chi connectivity index (χ0) is 13.5. The molecule has 98 valence electrons. The van der Waals surface area contributed by atoms with Crippen molar-refractivity contribution in [2.45, 2.75) is 0 Å². The van der Waals surface area contributed by atoms with Crippen LogP contribution in [0.2, 0.25) is 0 Å². The zero-order valence-corrected chi connectivity index (χ0v) is 11.0. The fourth-order valence-corrected chi connectivity index (χ4v) is 1.79. The Morgan fingerprint density at radius 3 is 2.63 bits per heavy atom. The lowest BCUT2D eigenvalue weighted by Crippen LogP contribution is -2.03. The van der Waals surface area contributed by atoms with Crippen molar-refractivity contribution in [1.29, 1.82) is 0 Å². The van der Waals surface area contributed by atoms with Crippen molar-refractivity contribution in [3.63, 3.8) is 0 Å². The van der Waals surface area contributed by atoms with Gasteiger partial charge in [0.25, 0.3) is 0 Å². The van der Waals surface area contributed by atoms with Gasteiger partial charge in [0.2, 0.25) is 0 Å². The summed E-state index contributed by atoms with van der Waals surface area (Å²) in [6.45, 7) is 1.53. The SMILES string of the molecule is COCCOc1ccc2cc(C#CCN)ccc2c1. The summed E-state index contributed by atoms with van der Waals surface area (Å²) in [6, 6.07) is 12.1. The molecule has 0 fully saturated rings. The number of benzene rings is 2. The van der Waals surface area contributed by atoms with E-state index < -0.39 is 0 Å². The van der Waals surface area contributed by atoms with Gasteiger partial charge in [-0.1, -0.05) is 24.0 Å². The largest absolute Gasteiger partial charge is 0.491 e. The maximum Gasteiger partial charge on any atom is 0.120 e. The van der Waals surface area contributed by atoms with Gasteiger partial charge in [-0.15, -0.1) is 0 Å². The molecule has 0 aliphatic rings. The minimum absolute atomic E-state index is 0.379. The van der Waals surface area contributed by atoms with Crippen molar-refractivity contribution in [3.05, 3.63) is 42.0 Å². The number of hydrogen-bond acceptors (Lipinski definition) is 3. The second-order valence-electron chi connectivity index (χ2n) is 4.07. The van der Waals surface area contributed by atoms with Gasteiger partial charge < -0.3 is 15.2 Å². The summed E-state index contributed by atoms with van der Waals surface area (Å²) in [6.07, 6.45) is 0. The molecule has 2 aromatic rings.